The molecule has 7 rings (SSSR count). The lowest BCUT2D eigenvalue weighted by Gasteiger charge is -2.17. The number of aldehydes is 1. The van der Waals surface area contributed by atoms with E-state index in [-0.39, 0.29) is 11.4 Å². The van der Waals surface area contributed by atoms with Gasteiger partial charge in [-0.15, -0.1) is 5.10 Å². The number of unbranched alkanes of at least 4 members (excludes halogenated alkanes) is 1. The predicted octanol–water partition coefficient (Wildman–Crippen LogP) is 5.86. The Kier molecular flexibility index (Phi) is 7.34. The Morgan fingerprint density at radius 3 is 2.47 bits per heavy atom. The number of para-hydroxylation sites is 1. The standard InChI is InChI=1S/C34H33N7O3S/c1-39(2)30-13-7-11-28-26(30)10-8-14-32(28)45(43,44)36-20-24-21-40(38-37-24)17-5-6-18-41-31-12-4-3-9-27(31)29-16-15-25-23(22-42)19-35-33(25)34(29)41/h3-4,7-16,19,21-22,35-36H,5-6,17-18,20H2,1-2H3. The summed E-state index contributed by atoms with van der Waals surface area (Å²) in [7, 11) is 0.0900. The van der Waals surface area contributed by atoms with E-state index in [0.29, 0.717) is 23.2 Å². The minimum atomic E-state index is -3.79. The van der Waals surface area contributed by atoms with Crippen LogP contribution in [-0.2, 0) is 29.7 Å². The minimum absolute atomic E-state index is 0.0440. The second kappa shape index (κ2) is 11.5. The van der Waals surface area contributed by atoms with Crippen molar-refractivity contribution in [2.45, 2.75) is 37.4 Å². The molecule has 0 bridgehead atoms. The number of carbonyl (C=O) groups excluding carboxylic acids is 1. The molecule has 2 N–H and O–H groups in total. The Balaban J connectivity index is 1.03. The van der Waals surface area contributed by atoms with Crippen molar-refractivity contribution in [2.75, 3.05) is 19.0 Å². The maximum atomic E-state index is 13.3. The lowest BCUT2D eigenvalue weighted by molar-refractivity contribution is 0.112. The summed E-state index contributed by atoms with van der Waals surface area (Å²) in [4.78, 5) is 17.1. The highest BCUT2D eigenvalue weighted by molar-refractivity contribution is 7.89. The van der Waals surface area contributed by atoms with Crippen LogP contribution in [-0.4, -0.2) is 53.3 Å². The van der Waals surface area contributed by atoms with Crippen LogP contribution in [0, 0.1) is 0 Å². The van der Waals surface area contributed by atoms with Crippen LogP contribution in [0.15, 0.2) is 90.1 Å². The van der Waals surface area contributed by atoms with Crippen LogP contribution in [0.4, 0.5) is 5.69 Å². The van der Waals surface area contributed by atoms with Crippen LogP contribution < -0.4 is 9.62 Å². The molecule has 0 atom stereocenters. The van der Waals surface area contributed by atoms with E-state index in [0.717, 1.165) is 64.1 Å². The number of aromatic nitrogens is 5. The summed E-state index contributed by atoms with van der Waals surface area (Å²) in [5, 5.41) is 13.3. The van der Waals surface area contributed by atoms with Gasteiger partial charge >= 0.3 is 0 Å². The van der Waals surface area contributed by atoms with Crippen LogP contribution in [0.3, 0.4) is 0 Å². The number of carbonyl (C=O) groups is 1. The number of rotatable bonds is 11. The Hall–Kier alpha value is -5.00. The zero-order chi connectivity index (χ0) is 31.1. The maximum absolute atomic E-state index is 13.3. The molecule has 0 fully saturated rings. The van der Waals surface area contributed by atoms with Gasteiger partial charge in [0.1, 0.15) is 0 Å². The highest BCUT2D eigenvalue weighted by atomic mass is 32.2. The first-order valence-corrected chi connectivity index (χ1v) is 16.4. The van der Waals surface area contributed by atoms with Gasteiger partial charge in [0.05, 0.1) is 28.2 Å². The van der Waals surface area contributed by atoms with Gasteiger partial charge in [-0.05, 0) is 31.0 Å². The van der Waals surface area contributed by atoms with Gasteiger partial charge in [0, 0.05) is 83.3 Å². The lowest BCUT2D eigenvalue weighted by atomic mass is 10.1. The van der Waals surface area contributed by atoms with E-state index in [2.05, 4.69) is 42.8 Å². The van der Waals surface area contributed by atoms with Crippen LogP contribution in [0.5, 0.6) is 0 Å². The molecule has 4 aromatic carbocycles. The monoisotopic (exact) mass is 619 g/mol. The van der Waals surface area contributed by atoms with E-state index in [1.54, 1.807) is 29.2 Å². The fourth-order valence-corrected chi connectivity index (χ4v) is 7.52. The number of nitrogens with one attached hydrogen (secondary N) is 2. The van der Waals surface area contributed by atoms with Crippen molar-refractivity contribution < 1.29 is 13.2 Å². The Morgan fingerprint density at radius 1 is 0.867 bits per heavy atom. The van der Waals surface area contributed by atoms with Crippen molar-refractivity contribution in [2.24, 2.45) is 0 Å². The molecule has 0 spiro atoms. The Bertz CT molecular complexity index is 2320. The van der Waals surface area contributed by atoms with Crippen molar-refractivity contribution in [3.8, 4) is 0 Å². The summed E-state index contributed by atoms with van der Waals surface area (Å²) < 4.78 is 33.4. The number of benzene rings is 4. The first kappa shape index (κ1) is 28.8. The molecule has 0 unspecified atom stereocenters. The van der Waals surface area contributed by atoms with Gasteiger partial charge in [0.2, 0.25) is 10.0 Å². The summed E-state index contributed by atoms with van der Waals surface area (Å²) in [6.07, 6.45) is 6.19. The zero-order valence-electron chi connectivity index (χ0n) is 25.1. The number of hydrogen-bond acceptors (Lipinski definition) is 6. The third-order valence-electron chi connectivity index (χ3n) is 8.42. The molecule has 11 heteroatoms. The van der Waals surface area contributed by atoms with E-state index in [1.165, 1.54) is 5.39 Å². The number of hydrogen-bond donors (Lipinski definition) is 2. The van der Waals surface area contributed by atoms with Crippen molar-refractivity contribution in [1.29, 1.82) is 0 Å². The number of anilines is 1. The van der Waals surface area contributed by atoms with E-state index in [9.17, 15) is 13.2 Å². The molecule has 0 amide bonds. The van der Waals surface area contributed by atoms with Gasteiger partial charge in [-0.1, -0.05) is 59.8 Å². The molecule has 3 aromatic heterocycles. The molecular formula is C34H33N7O3S. The van der Waals surface area contributed by atoms with Crippen molar-refractivity contribution in [3.05, 3.63) is 96.4 Å². The van der Waals surface area contributed by atoms with Gasteiger partial charge < -0.3 is 14.5 Å². The number of aryl methyl sites for hydroxylation is 2. The second-order valence-electron chi connectivity index (χ2n) is 11.4. The summed E-state index contributed by atoms with van der Waals surface area (Å²) in [6.45, 7) is 1.49. The molecule has 0 saturated carbocycles. The zero-order valence-corrected chi connectivity index (χ0v) is 25.9. The molecular weight excluding hydrogens is 586 g/mol. The van der Waals surface area contributed by atoms with Gasteiger partial charge in [0.15, 0.2) is 6.29 Å². The van der Waals surface area contributed by atoms with Gasteiger partial charge in [-0.25, -0.2) is 13.1 Å². The third kappa shape index (κ3) is 5.13. The first-order chi connectivity index (χ1) is 21.9. The molecule has 228 valence electrons. The minimum Gasteiger partial charge on any atom is -0.377 e. The first-order valence-electron chi connectivity index (χ1n) is 14.9. The average molecular weight is 620 g/mol. The smallest absolute Gasteiger partial charge is 0.241 e. The average Bonchev–Trinajstić information content (AvgIpc) is 3.77. The van der Waals surface area contributed by atoms with Gasteiger partial charge in [-0.2, -0.15) is 0 Å². The number of nitrogens with zero attached hydrogens (tertiary/aromatic N) is 5. The highest BCUT2D eigenvalue weighted by Gasteiger charge is 2.19. The fraction of sp³-hybridized carbons (Fsp3) is 0.206. The summed E-state index contributed by atoms with van der Waals surface area (Å²) >= 11 is 0. The van der Waals surface area contributed by atoms with Crippen LogP contribution in [0.1, 0.15) is 28.9 Å². The largest absolute Gasteiger partial charge is 0.377 e. The van der Waals surface area contributed by atoms with Crippen LogP contribution in [0.25, 0.3) is 43.5 Å². The van der Waals surface area contributed by atoms with E-state index in [1.807, 2.05) is 61.5 Å². The molecule has 3 heterocycles. The molecule has 0 saturated heterocycles. The fourth-order valence-electron chi connectivity index (χ4n) is 6.30. The molecule has 0 radical (unpaired) electrons. The molecule has 0 aliphatic heterocycles. The summed E-state index contributed by atoms with van der Waals surface area (Å²) in [6, 6.07) is 23.5. The molecule has 10 nitrogen and oxygen atoms in total. The van der Waals surface area contributed by atoms with E-state index in [4.69, 9.17) is 0 Å². The van der Waals surface area contributed by atoms with Crippen molar-refractivity contribution >= 4 is 65.5 Å². The summed E-state index contributed by atoms with van der Waals surface area (Å²) in [5.74, 6) is 0. The Labute approximate surface area is 260 Å². The van der Waals surface area contributed by atoms with Crippen molar-refractivity contribution in [1.82, 2.24) is 29.3 Å². The number of fused-ring (bicyclic) bond motifs is 6. The number of sulfonamides is 1. The normalized spacial score (nSPS) is 12.1. The highest BCUT2D eigenvalue weighted by Crippen LogP contribution is 2.35. The second-order valence-corrected chi connectivity index (χ2v) is 13.2. The quantitative estimate of drug-likeness (QED) is 0.138. The van der Waals surface area contributed by atoms with Crippen LogP contribution in [0.2, 0.25) is 0 Å². The number of H-pyrrole nitrogens is 1. The van der Waals surface area contributed by atoms with Crippen molar-refractivity contribution in [3.63, 3.8) is 0 Å². The lowest BCUT2D eigenvalue weighted by Crippen LogP contribution is -2.23. The molecule has 45 heavy (non-hydrogen) atoms. The number of aromatic amines is 1. The van der Waals surface area contributed by atoms with E-state index >= 15 is 0 Å². The molecule has 0 aliphatic carbocycles. The Morgan fingerprint density at radius 2 is 1.62 bits per heavy atom. The molecule has 7 aromatic rings. The third-order valence-corrected chi connectivity index (χ3v) is 9.88. The van der Waals surface area contributed by atoms with Gasteiger partial charge in [0.25, 0.3) is 0 Å². The summed E-state index contributed by atoms with van der Waals surface area (Å²) in [5.41, 5.74) is 5.38. The predicted molar refractivity (Wildman–Crippen MR) is 178 cm³/mol. The van der Waals surface area contributed by atoms with Gasteiger partial charge in [-0.3, -0.25) is 9.48 Å². The topological polar surface area (TPSA) is 118 Å². The van der Waals surface area contributed by atoms with Crippen LogP contribution >= 0.6 is 0 Å². The van der Waals surface area contributed by atoms with E-state index < -0.39 is 10.0 Å². The maximum Gasteiger partial charge on any atom is 0.241 e. The molecule has 0 aliphatic rings. The SMILES string of the molecule is CN(C)c1cccc2c(S(=O)(=O)NCc3cn(CCCCn4c5ccccc5c5ccc6c(C=O)c[nH]c6c54)nn3)cccc12.